The fourth-order valence-corrected chi connectivity index (χ4v) is 2.54. The summed E-state index contributed by atoms with van der Waals surface area (Å²) in [6.45, 7) is -0.187. The van der Waals surface area contributed by atoms with Crippen molar-refractivity contribution in [3.05, 3.63) is 70.8 Å². The van der Waals surface area contributed by atoms with Crippen LogP contribution >= 0.6 is 0 Å². The van der Waals surface area contributed by atoms with Gasteiger partial charge in [-0.1, -0.05) is 6.07 Å². The molecular weight excluding hydrogens is 370 g/mol. The van der Waals surface area contributed by atoms with Crippen molar-refractivity contribution in [3.63, 3.8) is 0 Å². The van der Waals surface area contributed by atoms with Crippen molar-refractivity contribution in [1.29, 1.82) is 0 Å². The molecule has 1 N–H and O–H groups in total. The minimum atomic E-state index is -1.09. The van der Waals surface area contributed by atoms with Crippen LogP contribution in [-0.2, 0) is 11.3 Å². The van der Waals surface area contributed by atoms with E-state index in [1.807, 2.05) is 0 Å². The second-order valence-electron chi connectivity index (χ2n) is 6.40. The van der Waals surface area contributed by atoms with Crippen molar-refractivity contribution in [2.45, 2.75) is 13.0 Å². The third-order valence-electron chi connectivity index (χ3n) is 4.03. The smallest absolute Gasteiger partial charge is 0.305 e. The molecule has 148 valence electrons. The Morgan fingerprint density at radius 1 is 0.893 bits per heavy atom. The van der Waals surface area contributed by atoms with Crippen LogP contribution in [0.2, 0.25) is 0 Å². The molecule has 2 amide bonds. The lowest BCUT2D eigenvalue weighted by atomic mass is 10.1. The van der Waals surface area contributed by atoms with Crippen LogP contribution in [0, 0.1) is 11.6 Å². The van der Waals surface area contributed by atoms with Crippen LogP contribution in [0.25, 0.3) is 0 Å². The summed E-state index contributed by atoms with van der Waals surface area (Å²) in [5.74, 6) is -3.84. The van der Waals surface area contributed by atoms with Crippen molar-refractivity contribution in [2.75, 3.05) is 20.6 Å². The van der Waals surface area contributed by atoms with Crippen LogP contribution in [0.3, 0.4) is 0 Å². The lowest BCUT2D eigenvalue weighted by Gasteiger charge is -2.22. The monoisotopic (exact) mass is 390 g/mol. The maximum absolute atomic E-state index is 13.4. The van der Waals surface area contributed by atoms with E-state index in [2.05, 4.69) is 0 Å². The summed E-state index contributed by atoms with van der Waals surface area (Å²) in [5.41, 5.74) is 0.986. The van der Waals surface area contributed by atoms with Crippen molar-refractivity contribution in [3.8, 4) is 0 Å². The zero-order chi connectivity index (χ0) is 20.8. The number of carboxylic acids is 1. The molecule has 8 heteroatoms. The number of carbonyl (C=O) groups excluding carboxylic acids is 2. The normalized spacial score (nSPS) is 10.4. The molecule has 0 fully saturated rings. The number of aliphatic carboxylic acids is 1. The number of amides is 2. The molecule has 0 aromatic heterocycles. The van der Waals surface area contributed by atoms with Crippen LogP contribution in [0.1, 0.15) is 32.7 Å². The molecule has 0 aliphatic rings. The van der Waals surface area contributed by atoms with E-state index in [1.54, 1.807) is 14.1 Å². The molecule has 0 unspecified atom stereocenters. The average molecular weight is 390 g/mol. The summed E-state index contributed by atoms with van der Waals surface area (Å²) in [4.78, 5) is 38.3. The Morgan fingerprint density at radius 2 is 1.46 bits per heavy atom. The molecule has 0 aliphatic carbocycles. The van der Waals surface area contributed by atoms with E-state index in [-0.39, 0.29) is 31.0 Å². The molecule has 0 spiro atoms. The zero-order valence-electron chi connectivity index (χ0n) is 15.5. The summed E-state index contributed by atoms with van der Waals surface area (Å²) in [7, 11) is 3.22. The first kappa shape index (κ1) is 21.0. The van der Waals surface area contributed by atoms with Gasteiger partial charge in [-0.05, 0) is 42.0 Å². The summed E-state index contributed by atoms with van der Waals surface area (Å²) < 4.78 is 26.6. The molecule has 2 rings (SSSR count). The highest BCUT2D eigenvalue weighted by molar-refractivity contribution is 5.97. The Bertz CT molecular complexity index is 882. The van der Waals surface area contributed by atoms with Gasteiger partial charge >= 0.3 is 5.97 Å². The van der Waals surface area contributed by atoms with Crippen molar-refractivity contribution >= 4 is 17.8 Å². The lowest BCUT2D eigenvalue weighted by Crippen LogP contribution is -2.32. The number of carboxylic acid groups (broad SMARTS) is 1. The van der Waals surface area contributed by atoms with Gasteiger partial charge in [-0.2, -0.15) is 0 Å². The van der Waals surface area contributed by atoms with Gasteiger partial charge in [-0.25, -0.2) is 8.78 Å². The van der Waals surface area contributed by atoms with E-state index < -0.39 is 23.5 Å². The molecule has 0 heterocycles. The second-order valence-corrected chi connectivity index (χ2v) is 6.40. The fourth-order valence-electron chi connectivity index (χ4n) is 2.54. The summed E-state index contributed by atoms with van der Waals surface area (Å²) >= 11 is 0. The molecular formula is C20H20F2N2O4. The molecule has 0 radical (unpaired) electrons. The maximum atomic E-state index is 13.4. The van der Waals surface area contributed by atoms with Crippen LogP contribution < -0.4 is 0 Å². The van der Waals surface area contributed by atoms with Gasteiger partial charge in [-0.15, -0.1) is 0 Å². The Morgan fingerprint density at radius 3 is 1.96 bits per heavy atom. The lowest BCUT2D eigenvalue weighted by molar-refractivity contribution is -0.137. The molecule has 2 aromatic carbocycles. The van der Waals surface area contributed by atoms with Crippen LogP contribution in [0.15, 0.2) is 42.5 Å². The highest BCUT2D eigenvalue weighted by atomic mass is 19.2. The van der Waals surface area contributed by atoms with Gasteiger partial charge < -0.3 is 14.9 Å². The standard InChI is InChI=1S/C20H20F2N2O4/c1-23(2)19(27)14-4-6-15(7-5-14)20(28)24(10-9-18(25)26)12-13-3-8-16(21)17(22)11-13/h3-8,11H,9-10,12H2,1-2H3,(H,25,26). The largest absolute Gasteiger partial charge is 0.481 e. The Labute approximate surface area is 161 Å². The first-order chi connectivity index (χ1) is 13.2. The van der Waals surface area contributed by atoms with Gasteiger partial charge in [0, 0.05) is 38.3 Å². The predicted octanol–water partition coefficient (Wildman–Crippen LogP) is 2.78. The number of halogens is 2. The summed E-state index contributed by atoms with van der Waals surface area (Å²) in [5, 5.41) is 8.92. The quantitative estimate of drug-likeness (QED) is 0.789. The number of hydrogen-bond acceptors (Lipinski definition) is 3. The van der Waals surface area contributed by atoms with E-state index in [4.69, 9.17) is 5.11 Å². The van der Waals surface area contributed by atoms with Crippen molar-refractivity contribution in [2.24, 2.45) is 0 Å². The van der Waals surface area contributed by atoms with E-state index >= 15 is 0 Å². The van der Waals surface area contributed by atoms with Gasteiger partial charge in [0.05, 0.1) is 6.42 Å². The zero-order valence-corrected chi connectivity index (χ0v) is 15.5. The molecule has 0 saturated carbocycles. The van der Waals surface area contributed by atoms with Crippen LogP contribution in [-0.4, -0.2) is 53.3 Å². The Kier molecular flexibility index (Phi) is 6.81. The van der Waals surface area contributed by atoms with E-state index in [1.165, 1.54) is 40.1 Å². The third-order valence-corrected chi connectivity index (χ3v) is 4.03. The summed E-state index contributed by atoms with van der Waals surface area (Å²) in [6.07, 6.45) is -0.299. The minimum absolute atomic E-state index is 0.0817. The van der Waals surface area contributed by atoms with Crippen LogP contribution in [0.4, 0.5) is 8.78 Å². The van der Waals surface area contributed by atoms with E-state index in [0.717, 1.165) is 12.1 Å². The molecule has 2 aromatic rings. The molecule has 0 saturated heterocycles. The van der Waals surface area contributed by atoms with Crippen molar-refractivity contribution < 1.29 is 28.3 Å². The molecule has 0 bridgehead atoms. The number of rotatable bonds is 7. The number of nitrogens with zero attached hydrogens (tertiary/aromatic N) is 2. The van der Waals surface area contributed by atoms with Crippen LogP contribution in [0.5, 0.6) is 0 Å². The van der Waals surface area contributed by atoms with Gasteiger partial charge in [0.25, 0.3) is 11.8 Å². The topological polar surface area (TPSA) is 77.9 Å². The van der Waals surface area contributed by atoms with Gasteiger partial charge in [0.15, 0.2) is 11.6 Å². The second kappa shape index (κ2) is 9.07. The van der Waals surface area contributed by atoms with Gasteiger partial charge in [0.2, 0.25) is 0 Å². The predicted molar refractivity (Wildman–Crippen MR) is 97.8 cm³/mol. The van der Waals surface area contributed by atoms with E-state index in [0.29, 0.717) is 11.1 Å². The Hall–Kier alpha value is -3.29. The van der Waals surface area contributed by atoms with Crippen molar-refractivity contribution in [1.82, 2.24) is 9.80 Å². The maximum Gasteiger partial charge on any atom is 0.305 e. The number of carbonyl (C=O) groups is 3. The van der Waals surface area contributed by atoms with E-state index in [9.17, 15) is 23.2 Å². The fraction of sp³-hybridized carbons (Fsp3) is 0.250. The molecule has 28 heavy (non-hydrogen) atoms. The molecule has 6 nitrogen and oxygen atoms in total. The molecule has 0 aliphatic heterocycles. The highest BCUT2D eigenvalue weighted by Crippen LogP contribution is 2.15. The van der Waals surface area contributed by atoms with Gasteiger partial charge in [0.1, 0.15) is 0 Å². The Balaban J connectivity index is 2.23. The summed E-state index contributed by atoms with van der Waals surface area (Å²) in [6, 6.07) is 9.20. The molecule has 0 atom stereocenters. The number of benzene rings is 2. The SMILES string of the molecule is CN(C)C(=O)c1ccc(C(=O)N(CCC(=O)O)Cc2ccc(F)c(F)c2)cc1. The highest BCUT2D eigenvalue weighted by Gasteiger charge is 2.19. The first-order valence-electron chi connectivity index (χ1n) is 8.45. The average Bonchev–Trinajstić information content (AvgIpc) is 2.66. The third kappa shape index (κ3) is 5.35. The first-order valence-corrected chi connectivity index (χ1v) is 8.45. The van der Waals surface area contributed by atoms with Gasteiger partial charge in [-0.3, -0.25) is 14.4 Å². The minimum Gasteiger partial charge on any atom is -0.481 e. The number of hydrogen-bond donors (Lipinski definition) is 1.